The molecule has 1 atom stereocenters. The summed E-state index contributed by atoms with van der Waals surface area (Å²) in [6.45, 7) is 2.68. The van der Waals surface area contributed by atoms with Crippen molar-refractivity contribution in [2.75, 3.05) is 11.4 Å². The second-order valence-electron chi connectivity index (χ2n) is 7.12. The molecule has 1 aromatic carbocycles. The van der Waals surface area contributed by atoms with E-state index in [-0.39, 0.29) is 11.8 Å². The number of H-pyrrole nitrogens is 1. The number of carbonyl (C=O) groups is 1. The Bertz CT molecular complexity index is 1150. The quantitative estimate of drug-likeness (QED) is 0.573. The molecule has 0 radical (unpaired) electrons. The number of rotatable bonds is 4. The van der Waals surface area contributed by atoms with Crippen LogP contribution in [0.1, 0.15) is 17.7 Å². The number of hydrogen-bond acceptors (Lipinski definition) is 5. The van der Waals surface area contributed by atoms with Crippen molar-refractivity contribution in [2.24, 2.45) is 5.92 Å². The van der Waals surface area contributed by atoms with Gasteiger partial charge in [-0.3, -0.25) is 14.8 Å². The van der Waals surface area contributed by atoms with Gasteiger partial charge in [0.05, 0.1) is 21.9 Å². The summed E-state index contributed by atoms with van der Waals surface area (Å²) in [5.41, 5.74) is 6.99. The molecule has 1 amide bonds. The Morgan fingerprint density at radius 2 is 2.21 bits per heavy atom. The van der Waals surface area contributed by atoms with Crippen LogP contribution < -0.4 is 4.90 Å². The number of aryl methyl sites for hydroxylation is 1. The third kappa shape index (κ3) is 2.97. The molecule has 7 heteroatoms. The van der Waals surface area contributed by atoms with E-state index < -0.39 is 0 Å². The molecular formula is C21H19N5OS. The van der Waals surface area contributed by atoms with E-state index in [1.807, 2.05) is 41.7 Å². The number of amides is 1. The van der Waals surface area contributed by atoms with Crippen LogP contribution in [0.15, 0.2) is 48.2 Å². The Morgan fingerprint density at radius 1 is 1.29 bits per heavy atom. The number of pyridine rings is 1. The van der Waals surface area contributed by atoms with Gasteiger partial charge in [0, 0.05) is 35.5 Å². The summed E-state index contributed by atoms with van der Waals surface area (Å²) >= 11 is 1.64. The molecule has 0 aliphatic carbocycles. The van der Waals surface area contributed by atoms with Crippen LogP contribution in [-0.2, 0) is 11.2 Å². The molecule has 1 aliphatic heterocycles. The lowest BCUT2D eigenvalue weighted by Gasteiger charge is -2.17. The number of hydrogen-bond donors (Lipinski definition) is 1. The zero-order valence-corrected chi connectivity index (χ0v) is 16.2. The average Bonchev–Trinajstić information content (AvgIpc) is 3.44. The lowest BCUT2D eigenvalue weighted by atomic mass is 9.98. The molecular weight excluding hydrogens is 370 g/mol. The fourth-order valence-corrected chi connectivity index (χ4v) is 4.61. The van der Waals surface area contributed by atoms with Crippen molar-refractivity contribution in [2.45, 2.75) is 19.8 Å². The maximum absolute atomic E-state index is 13.0. The molecule has 6 nitrogen and oxygen atoms in total. The molecule has 0 bridgehead atoms. The number of aromatic nitrogens is 4. The van der Waals surface area contributed by atoms with Gasteiger partial charge in [0.1, 0.15) is 5.82 Å². The number of fused-ring (bicyclic) bond motifs is 1. The predicted molar refractivity (Wildman–Crippen MR) is 110 cm³/mol. The number of thiazole rings is 1. The Labute approximate surface area is 166 Å². The summed E-state index contributed by atoms with van der Waals surface area (Å²) < 4.78 is 1.17. The third-order valence-corrected chi connectivity index (χ3v) is 6.14. The maximum atomic E-state index is 13.0. The maximum Gasteiger partial charge on any atom is 0.231 e. The fraction of sp³-hybridized carbons (Fsp3) is 0.238. The number of carbonyl (C=O) groups excluding carboxylic acids is 1. The first-order chi connectivity index (χ1) is 13.7. The Balaban J connectivity index is 1.35. The molecule has 0 spiro atoms. The van der Waals surface area contributed by atoms with Crippen molar-refractivity contribution >= 4 is 33.3 Å². The van der Waals surface area contributed by atoms with Gasteiger partial charge in [-0.2, -0.15) is 5.10 Å². The normalized spacial score (nSPS) is 17.0. The van der Waals surface area contributed by atoms with Gasteiger partial charge in [0.2, 0.25) is 5.91 Å². The van der Waals surface area contributed by atoms with E-state index in [4.69, 9.17) is 4.98 Å². The number of aromatic amines is 1. The predicted octanol–water partition coefficient (Wildman–Crippen LogP) is 3.99. The molecule has 1 N–H and O–H groups in total. The van der Waals surface area contributed by atoms with Gasteiger partial charge in [-0.05, 0) is 49.6 Å². The molecule has 3 aromatic heterocycles. The van der Waals surface area contributed by atoms with Crippen LogP contribution in [0.4, 0.5) is 5.82 Å². The van der Waals surface area contributed by atoms with Crippen LogP contribution >= 0.6 is 11.3 Å². The molecule has 4 aromatic rings. The molecule has 28 heavy (non-hydrogen) atoms. The second-order valence-corrected chi connectivity index (χ2v) is 8.01. The number of anilines is 1. The highest BCUT2D eigenvalue weighted by Crippen LogP contribution is 2.30. The minimum atomic E-state index is 0.000952. The molecule has 1 fully saturated rings. The molecule has 1 saturated heterocycles. The van der Waals surface area contributed by atoms with Gasteiger partial charge in [-0.15, -0.1) is 11.3 Å². The Morgan fingerprint density at radius 3 is 3.04 bits per heavy atom. The molecule has 0 saturated carbocycles. The molecule has 5 rings (SSSR count). The summed E-state index contributed by atoms with van der Waals surface area (Å²) in [7, 11) is 0. The van der Waals surface area contributed by atoms with Crippen molar-refractivity contribution in [3.63, 3.8) is 0 Å². The second kappa shape index (κ2) is 6.83. The number of nitrogens with zero attached hydrogens (tertiary/aromatic N) is 4. The van der Waals surface area contributed by atoms with Crippen LogP contribution in [-0.4, -0.2) is 32.6 Å². The minimum absolute atomic E-state index is 0.000952. The SMILES string of the molecule is Cc1nc(N2CCC(Cc3ccc4ncsc4c3)C2=O)ccc1-c1cn[nH]c1. The fourth-order valence-electron chi connectivity index (χ4n) is 3.87. The van der Waals surface area contributed by atoms with Crippen molar-refractivity contribution < 1.29 is 4.79 Å². The highest BCUT2D eigenvalue weighted by molar-refractivity contribution is 7.16. The number of nitrogens with one attached hydrogen (secondary N) is 1. The van der Waals surface area contributed by atoms with Crippen LogP contribution in [0, 0.1) is 12.8 Å². The minimum Gasteiger partial charge on any atom is -0.297 e. The summed E-state index contributed by atoms with van der Waals surface area (Å²) in [4.78, 5) is 23.8. The summed E-state index contributed by atoms with van der Waals surface area (Å²) in [6.07, 6.45) is 5.24. The first-order valence-corrected chi connectivity index (χ1v) is 10.2. The van der Waals surface area contributed by atoms with Crippen LogP contribution in [0.25, 0.3) is 21.3 Å². The first kappa shape index (κ1) is 17.1. The Hall–Kier alpha value is -3.06. The van der Waals surface area contributed by atoms with Crippen LogP contribution in [0.2, 0.25) is 0 Å². The van der Waals surface area contributed by atoms with Crippen LogP contribution in [0.5, 0.6) is 0 Å². The van der Waals surface area contributed by atoms with E-state index in [0.717, 1.165) is 41.0 Å². The summed E-state index contributed by atoms with van der Waals surface area (Å²) in [6, 6.07) is 10.2. The molecule has 1 aliphatic rings. The number of benzene rings is 1. The van der Waals surface area contributed by atoms with Gasteiger partial charge in [0.15, 0.2) is 0 Å². The van der Waals surface area contributed by atoms with E-state index in [9.17, 15) is 4.79 Å². The zero-order chi connectivity index (χ0) is 19.1. The van der Waals surface area contributed by atoms with E-state index in [0.29, 0.717) is 6.54 Å². The van der Waals surface area contributed by atoms with Gasteiger partial charge in [0.25, 0.3) is 0 Å². The van der Waals surface area contributed by atoms with Crippen molar-refractivity contribution in [1.29, 1.82) is 0 Å². The topological polar surface area (TPSA) is 74.8 Å². The van der Waals surface area contributed by atoms with E-state index in [1.54, 1.807) is 17.5 Å². The smallest absolute Gasteiger partial charge is 0.231 e. The molecule has 4 heterocycles. The van der Waals surface area contributed by atoms with Crippen molar-refractivity contribution in [3.05, 3.63) is 59.5 Å². The first-order valence-electron chi connectivity index (χ1n) is 9.29. The van der Waals surface area contributed by atoms with Crippen molar-refractivity contribution in [3.8, 4) is 11.1 Å². The standard InChI is InChI=1S/C21H19N5OS/c1-13-17(16-10-23-24-11-16)3-5-20(25-13)26-7-6-15(21(26)27)8-14-2-4-18-19(9-14)28-12-22-18/h2-5,9-12,15H,6-8H2,1H3,(H,23,24). The summed E-state index contributed by atoms with van der Waals surface area (Å²) in [5.74, 6) is 0.892. The van der Waals surface area contributed by atoms with Gasteiger partial charge in [-0.25, -0.2) is 9.97 Å². The van der Waals surface area contributed by atoms with Crippen molar-refractivity contribution in [1.82, 2.24) is 20.2 Å². The Kier molecular flexibility index (Phi) is 4.16. The highest BCUT2D eigenvalue weighted by atomic mass is 32.1. The lowest BCUT2D eigenvalue weighted by molar-refractivity contribution is -0.120. The molecule has 1 unspecified atom stereocenters. The van der Waals surface area contributed by atoms with Crippen LogP contribution in [0.3, 0.4) is 0 Å². The average molecular weight is 389 g/mol. The third-order valence-electron chi connectivity index (χ3n) is 5.35. The van der Waals surface area contributed by atoms with E-state index in [2.05, 4.69) is 27.3 Å². The monoisotopic (exact) mass is 389 g/mol. The summed E-state index contributed by atoms with van der Waals surface area (Å²) in [5, 5.41) is 6.82. The van der Waals surface area contributed by atoms with E-state index in [1.165, 1.54) is 10.3 Å². The van der Waals surface area contributed by atoms with Gasteiger partial charge < -0.3 is 0 Å². The van der Waals surface area contributed by atoms with Gasteiger partial charge in [-0.1, -0.05) is 6.07 Å². The van der Waals surface area contributed by atoms with Gasteiger partial charge >= 0.3 is 0 Å². The molecule has 140 valence electrons. The zero-order valence-electron chi connectivity index (χ0n) is 15.4. The highest BCUT2D eigenvalue weighted by Gasteiger charge is 2.33. The van der Waals surface area contributed by atoms with E-state index >= 15 is 0 Å². The lowest BCUT2D eigenvalue weighted by Crippen LogP contribution is -2.28. The largest absolute Gasteiger partial charge is 0.297 e.